The molecule has 0 aliphatic carbocycles. The summed E-state index contributed by atoms with van der Waals surface area (Å²) in [4.78, 5) is 2.79. The quantitative estimate of drug-likeness (QED) is 0.581. The number of halogens is 1. The Morgan fingerprint density at radius 2 is 1.56 bits per heavy atom. The summed E-state index contributed by atoms with van der Waals surface area (Å²) >= 11 is 3.82. The minimum atomic E-state index is 0.503. The normalized spacial score (nSPS) is 26.5. The highest BCUT2D eigenvalue weighted by atomic mass is 79.9. The number of nitrogens with zero attached hydrogens (tertiary/aromatic N) is 1. The van der Waals surface area contributed by atoms with Crippen LogP contribution in [0.1, 0.15) is 72.6 Å². The maximum Gasteiger partial charge on any atom is 0.0100 e. The van der Waals surface area contributed by atoms with Crippen LogP contribution >= 0.6 is 15.9 Å². The molecule has 108 valence electrons. The van der Waals surface area contributed by atoms with Gasteiger partial charge in [-0.3, -0.25) is 4.90 Å². The van der Waals surface area contributed by atoms with Gasteiger partial charge in [-0.2, -0.15) is 0 Å². The minimum absolute atomic E-state index is 0.503. The molecule has 2 unspecified atom stereocenters. The van der Waals surface area contributed by atoms with Gasteiger partial charge in [0.15, 0.2) is 0 Å². The fourth-order valence-electron chi connectivity index (χ4n) is 3.69. The highest BCUT2D eigenvalue weighted by Gasteiger charge is 2.34. The first kappa shape index (κ1) is 16.5. The maximum atomic E-state index is 3.82. The van der Waals surface area contributed by atoms with Crippen molar-refractivity contribution in [2.24, 2.45) is 5.41 Å². The molecule has 0 N–H and O–H groups in total. The maximum absolute atomic E-state index is 3.82. The molecule has 2 heteroatoms. The van der Waals surface area contributed by atoms with E-state index in [1.54, 1.807) is 0 Å². The molecule has 0 aromatic heterocycles. The Hall–Kier alpha value is 0.440. The van der Waals surface area contributed by atoms with Crippen LogP contribution < -0.4 is 0 Å². The lowest BCUT2D eigenvalue weighted by atomic mass is 9.79. The van der Waals surface area contributed by atoms with Crippen LogP contribution in [0.3, 0.4) is 0 Å². The molecule has 1 saturated heterocycles. The van der Waals surface area contributed by atoms with Crippen LogP contribution in [0.4, 0.5) is 0 Å². The Bertz CT molecular complexity index is 213. The SMILES string of the molecule is CCCC(CBr)(CCC)CN1C(C)CCCC1C. The highest BCUT2D eigenvalue weighted by Crippen LogP contribution is 2.36. The van der Waals surface area contributed by atoms with Crippen LogP contribution in [-0.4, -0.2) is 28.9 Å². The number of likely N-dealkylation sites (tertiary alicyclic amines) is 1. The van der Waals surface area contributed by atoms with Crippen molar-refractivity contribution in [3.05, 3.63) is 0 Å². The first-order valence-corrected chi connectivity index (χ1v) is 9.02. The fraction of sp³-hybridized carbons (Fsp3) is 1.00. The second-order valence-electron chi connectivity index (χ2n) is 6.43. The van der Waals surface area contributed by atoms with Crippen molar-refractivity contribution >= 4 is 15.9 Å². The van der Waals surface area contributed by atoms with Crippen molar-refractivity contribution in [1.29, 1.82) is 0 Å². The standard InChI is InChI=1S/C16H32BrN/c1-5-10-16(12-17,11-6-2)13-18-14(3)8-7-9-15(18)4/h14-15H,5-13H2,1-4H3. The third kappa shape index (κ3) is 4.23. The van der Waals surface area contributed by atoms with Gasteiger partial charge in [-0.1, -0.05) is 49.0 Å². The number of hydrogen-bond donors (Lipinski definition) is 0. The summed E-state index contributed by atoms with van der Waals surface area (Å²) < 4.78 is 0. The minimum Gasteiger partial charge on any atom is -0.297 e. The largest absolute Gasteiger partial charge is 0.297 e. The van der Waals surface area contributed by atoms with Gasteiger partial charge in [0.05, 0.1) is 0 Å². The van der Waals surface area contributed by atoms with Gasteiger partial charge in [0.25, 0.3) is 0 Å². The van der Waals surface area contributed by atoms with Crippen molar-refractivity contribution in [3.8, 4) is 0 Å². The Kier molecular flexibility index (Phi) is 7.23. The highest BCUT2D eigenvalue weighted by molar-refractivity contribution is 9.09. The van der Waals surface area contributed by atoms with E-state index in [0.29, 0.717) is 5.41 Å². The van der Waals surface area contributed by atoms with E-state index in [9.17, 15) is 0 Å². The summed E-state index contributed by atoms with van der Waals surface area (Å²) in [7, 11) is 0. The molecule has 1 fully saturated rings. The molecule has 2 atom stereocenters. The van der Waals surface area contributed by atoms with Gasteiger partial charge in [-0.05, 0) is 44.9 Å². The molecule has 18 heavy (non-hydrogen) atoms. The van der Waals surface area contributed by atoms with E-state index in [-0.39, 0.29) is 0 Å². The smallest absolute Gasteiger partial charge is 0.0100 e. The summed E-state index contributed by atoms with van der Waals surface area (Å²) in [6.07, 6.45) is 9.54. The van der Waals surface area contributed by atoms with Gasteiger partial charge in [-0.25, -0.2) is 0 Å². The van der Waals surface area contributed by atoms with Crippen molar-refractivity contribution in [2.45, 2.75) is 84.7 Å². The Morgan fingerprint density at radius 3 is 1.94 bits per heavy atom. The predicted octanol–water partition coefficient (Wildman–Crippen LogP) is 5.23. The van der Waals surface area contributed by atoms with Crippen LogP contribution in [0.15, 0.2) is 0 Å². The molecule has 0 amide bonds. The van der Waals surface area contributed by atoms with Crippen LogP contribution in [0.5, 0.6) is 0 Å². The Morgan fingerprint density at radius 1 is 1.06 bits per heavy atom. The molecule has 1 nitrogen and oxygen atoms in total. The van der Waals surface area contributed by atoms with Gasteiger partial charge in [-0.15, -0.1) is 0 Å². The van der Waals surface area contributed by atoms with Gasteiger partial charge in [0, 0.05) is 24.0 Å². The molecule has 1 rings (SSSR count). The topological polar surface area (TPSA) is 3.24 Å². The monoisotopic (exact) mass is 317 g/mol. The van der Waals surface area contributed by atoms with E-state index >= 15 is 0 Å². The summed E-state index contributed by atoms with van der Waals surface area (Å²) in [6, 6.07) is 1.56. The van der Waals surface area contributed by atoms with E-state index < -0.39 is 0 Å². The molecule has 1 aliphatic heterocycles. The fourth-order valence-corrected chi connectivity index (χ4v) is 4.43. The van der Waals surface area contributed by atoms with Crippen LogP contribution in [0.25, 0.3) is 0 Å². The van der Waals surface area contributed by atoms with Crippen LogP contribution in [-0.2, 0) is 0 Å². The second-order valence-corrected chi connectivity index (χ2v) is 7.00. The van der Waals surface area contributed by atoms with Gasteiger partial charge in [0.2, 0.25) is 0 Å². The molecule has 0 saturated carbocycles. The number of piperidine rings is 1. The Labute approximate surface area is 123 Å². The van der Waals surface area contributed by atoms with Crippen molar-refractivity contribution < 1.29 is 0 Å². The third-order valence-corrected chi connectivity index (χ3v) is 5.93. The van der Waals surface area contributed by atoms with E-state index in [1.165, 1.54) is 51.5 Å². The molecule has 0 spiro atoms. The lowest BCUT2D eigenvalue weighted by Crippen LogP contribution is -2.49. The molecular formula is C16H32BrN. The number of hydrogen-bond acceptors (Lipinski definition) is 1. The summed E-state index contributed by atoms with van der Waals surface area (Å²) in [5.74, 6) is 0. The predicted molar refractivity (Wildman–Crippen MR) is 85.5 cm³/mol. The molecule has 0 bridgehead atoms. The molecular weight excluding hydrogens is 286 g/mol. The average Bonchev–Trinajstić information content (AvgIpc) is 2.34. The lowest BCUT2D eigenvalue weighted by Gasteiger charge is -2.45. The zero-order chi connectivity index (χ0) is 13.6. The van der Waals surface area contributed by atoms with Gasteiger partial charge >= 0.3 is 0 Å². The van der Waals surface area contributed by atoms with E-state index in [0.717, 1.165) is 17.4 Å². The molecule has 0 radical (unpaired) electrons. The second kappa shape index (κ2) is 7.89. The zero-order valence-corrected chi connectivity index (χ0v) is 14.4. The van der Waals surface area contributed by atoms with E-state index in [2.05, 4.69) is 48.5 Å². The van der Waals surface area contributed by atoms with Crippen LogP contribution in [0, 0.1) is 5.41 Å². The van der Waals surface area contributed by atoms with Gasteiger partial charge < -0.3 is 0 Å². The first-order chi connectivity index (χ1) is 8.58. The van der Waals surface area contributed by atoms with Crippen molar-refractivity contribution in [3.63, 3.8) is 0 Å². The van der Waals surface area contributed by atoms with E-state index in [4.69, 9.17) is 0 Å². The molecule has 0 aromatic rings. The molecule has 0 aromatic carbocycles. The summed E-state index contributed by atoms with van der Waals surface area (Å²) in [5, 5.41) is 1.16. The lowest BCUT2D eigenvalue weighted by molar-refractivity contribution is 0.0486. The Balaban J connectivity index is 2.73. The summed E-state index contributed by atoms with van der Waals surface area (Å²) in [6.45, 7) is 10.8. The third-order valence-electron chi connectivity index (χ3n) is 4.74. The molecule has 1 heterocycles. The van der Waals surface area contributed by atoms with E-state index in [1.807, 2.05) is 0 Å². The van der Waals surface area contributed by atoms with Gasteiger partial charge in [0.1, 0.15) is 0 Å². The summed E-state index contributed by atoms with van der Waals surface area (Å²) in [5.41, 5.74) is 0.503. The average molecular weight is 318 g/mol. The van der Waals surface area contributed by atoms with Crippen molar-refractivity contribution in [2.75, 3.05) is 11.9 Å². The van der Waals surface area contributed by atoms with Crippen molar-refractivity contribution in [1.82, 2.24) is 4.90 Å². The number of alkyl halides is 1. The van der Waals surface area contributed by atoms with Crippen LogP contribution in [0.2, 0.25) is 0 Å². The molecule has 1 aliphatic rings. The number of rotatable bonds is 7. The zero-order valence-electron chi connectivity index (χ0n) is 12.8. The first-order valence-electron chi connectivity index (χ1n) is 7.90.